The summed E-state index contributed by atoms with van der Waals surface area (Å²) >= 11 is 2.93. The van der Waals surface area contributed by atoms with Gasteiger partial charge >= 0.3 is 0 Å². The quantitative estimate of drug-likeness (QED) is 0.814. The van der Waals surface area contributed by atoms with Crippen molar-refractivity contribution in [3.8, 4) is 0 Å². The minimum Gasteiger partial charge on any atom is -0.309 e. The molecule has 1 saturated carbocycles. The molecule has 20 heavy (non-hydrogen) atoms. The molecule has 2 aromatic heterocycles. The maximum atomic E-state index is 12.1. The van der Waals surface area contributed by atoms with E-state index in [-0.39, 0.29) is 6.54 Å². The molecule has 0 unspecified atom stereocenters. The lowest BCUT2D eigenvalue weighted by Gasteiger charge is -2.02. The largest absolute Gasteiger partial charge is 0.309 e. The average molecular weight is 329 g/mol. The van der Waals surface area contributed by atoms with Crippen LogP contribution in [0, 0.1) is 0 Å². The van der Waals surface area contributed by atoms with Gasteiger partial charge in [0.15, 0.2) is 0 Å². The molecule has 1 aliphatic carbocycles. The first-order valence-electron chi connectivity index (χ1n) is 6.31. The van der Waals surface area contributed by atoms with Crippen LogP contribution in [0.15, 0.2) is 27.2 Å². The number of aromatic nitrogens is 1. The van der Waals surface area contributed by atoms with Crippen LogP contribution in [0.2, 0.25) is 0 Å². The van der Waals surface area contributed by atoms with Crippen LogP contribution in [0.4, 0.5) is 0 Å². The molecule has 8 heteroatoms. The van der Waals surface area contributed by atoms with Crippen molar-refractivity contribution in [2.24, 2.45) is 0 Å². The van der Waals surface area contributed by atoms with Gasteiger partial charge in [-0.15, -0.1) is 22.7 Å². The van der Waals surface area contributed by atoms with Crippen LogP contribution < -0.4 is 10.0 Å². The number of thiazole rings is 1. The minimum atomic E-state index is -3.44. The Hall–Kier alpha value is -0.800. The molecule has 2 heterocycles. The topological polar surface area (TPSA) is 71.1 Å². The lowest BCUT2D eigenvalue weighted by molar-refractivity contribution is 0.581. The van der Waals surface area contributed by atoms with E-state index in [1.807, 2.05) is 5.38 Å². The molecule has 0 radical (unpaired) electrons. The van der Waals surface area contributed by atoms with E-state index in [9.17, 15) is 8.42 Å². The maximum absolute atomic E-state index is 12.1. The number of hydrogen-bond acceptors (Lipinski definition) is 6. The van der Waals surface area contributed by atoms with Crippen LogP contribution in [-0.2, 0) is 23.1 Å². The normalized spacial score (nSPS) is 15.6. The SMILES string of the molecule is O=S(=O)(NCc1cscn1)c1csc(CNC2CC2)c1. The van der Waals surface area contributed by atoms with Gasteiger partial charge in [0.2, 0.25) is 10.0 Å². The van der Waals surface area contributed by atoms with Crippen LogP contribution >= 0.6 is 22.7 Å². The molecular weight excluding hydrogens is 314 g/mol. The first-order valence-corrected chi connectivity index (χ1v) is 9.61. The summed E-state index contributed by atoms with van der Waals surface area (Å²) in [6.07, 6.45) is 2.46. The Kier molecular flexibility index (Phi) is 4.18. The zero-order chi connectivity index (χ0) is 14.0. The van der Waals surface area contributed by atoms with Gasteiger partial charge < -0.3 is 5.32 Å². The van der Waals surface area contributed by atoms with E-state index in [0.717, 1.165) is 17.1 Å². The standard InChI is InChI=1S/C12H15N3O2S3/c16-20(17,15-4-10-6-18-8-14-10)12-3-11(19-7-12)5-13-9-1-2-9/h3,6-9,13,15H,1-2,4-5H2. The van der Waals surface area contributed by atoms with E-state index >= 15 is 0 Å². The Bertz CT molecular complexity index is 660. The Morgan fingerprint density at radius 1 is 1.30 bits per heavy atom. The van der Waals surface area contributed by atoms with Crippen LogP contribution in [0.3, 0.4) is 0 Å². The summed E-state index contributed by atoms with van der Waals surface area (Å²) in [6.45, 7) is 0.980. The number of nitrogens with zero attached hydrogens (tertiary/aromatic N) is 1. The molecule has 1 fully saturated rings. The zero-order valence-corrected chi connectivity index (χ0v) is 13.2. The highest BCUT2D eigenvalue weighted by atomic mass is 32.2. The molecule has 0 aliphatic heterocycles. The van der Waals surface area contributed by atoms with Gasteiger partial charge in [-0.25, -0.2) is 18.1 Å². The maximum Gasteiger partial charge on any atom is 0.241 e. The van der Waals surface area contributed by atoms with Gasteiger partial charge in [-0.1, -0.05) is 0 Å². The second-order valence-electron chi connectivity index (χ2n) is 4.71. The minimum absolute atomic E-state index is 0.233. The van der Waals surface area contributed by atoms with Gasteiger partial charge in [0.1, 0.15) is 0 Å². The molecule has 1 aliphatic rings. The smallest absolute Gasteiger partial charge is 0.241 e. The third-order valence-corrected chi connectivity index (χ3v) is 6.11. The summed E-state index contributed by atoms with van der Waals surface area (Å²) in [5.74, 6) is 0. The Labute approximate surface area is 126 Å². The zero-order valence-electron chi connectivity index (χ0n) is 10.7. The third-order valence-electron chi connectivity index (χ3n) is 3.01. The molecule has 5 nitrogen and oxygen atoms in total. The first-order chi connectivity index (χ1) is 9.63. The summed E-state index contributed by atoms with van der Waals surface area (Å²) in [5.41, 5.74) is 2.43. The van der Waals surface area contributed by atoms with Gasteiger partial charge in [-0.3, -0.25) is 0 Å². The van der Waals surface area contributed by atoms with Crippen molar-refractivity contribution >= 4 is 32.7 Å². The van der Waals surface area contributed by atoms with E-state index in [0.29, 0.717) is 10.9 Å². The summed E-state index contributed by atoms with van der Waals surface area (Å²) in [6, 6.07) is 2.36. The van der Waals surface area contributed by atoms with E-state index in [2.05, 4.69) is 15.0 Å². The Morgan fingerprint density at radius 2 is 2.15 bits per heavy atom. The fourth-order valence-corrected chi connectivity index (χ4v) is 4.49. The molecule has 2 aromatic rings. The van der Waals surface area contributed by atoms with Crippen LogP contribution in [0.1, 0.15) is 23.4 Å². The molecule has 0 amide bonds. The monoisotopic (exact) mass is 329 g/mol. The van der Waals surface area contributed by atoms with Crippen molar-refractivity contribution in [2.45, 2.75) is 36.9 Å². The van der Waals surface area contributed by atoms with E-state index in [1.54, 1.807) is 17.0 Å². The first kappa shape index (κ1) is 14.2. The van der Waals surface area contributed by atoms with Crippen molar-refractivity contribution in [3.63, 3.8) is 0 Å². The summed E-state index contributed by atoms with van der Waals surface area (Å²) in [4.78, 5) is 5.44. The number of hydrogen-bond donors (Lipinski definition) is 2. The molecular formula is C12H15N3O2S3. The second-order valence-corrected chi connectivity index (χ2v) is 8.19. The number of sulfonamides is 1. The number of thiophene rings is 1. The van der Waals surface area contributed by atoms with Crippen molar-refractivity contribution in [2.75, 3.05) is 0 Å². The highest BCUT2D eigenvalue weighted by Crippen LogP contribution is 2.23. The molecule has 0 bridgehead atoms. The molecule has 0 aromatic carbocycles. The van der Waals surface area contributed by atoms with Gasteiger partial charge in [0.25, 0.3) is 0 Å². The molecule has 108 valence electrons. The molecule has 0 spiro atoms. The van der Waals surface area contributed by atoms with Crippen LogP contribution in [-0.4, -0.2) is 19.4 Å². The second kappa shape index (κ2) is 5.90. The van der Waals surface area contributed by atoms with Crippen molar-refractivity contribution in [1.29, 1.82) is 0 Å². The Morgan fingerprint density at radius 3 is 2.85 bits per heavy atom. The predicted molar refractivity (Wildman–Crippen MR) is 80.3 cm³/mol. The van der Waals surface area contributed by atoms with Crippen molar-refractivity contribution in [3.05, 3.63) is 32.9 Å². The predicted octanol–water partition coefficient (Wildman–Crippen LogP) is 1.94. The number of rotatable bonds is 7. The highest BCUT2D eigenvalue weighted by molar-refractivity contribution is 7.89. The van der Waals surface area contributed by atoms with E-state index < -0.39 is 10.0 Å². The molecule has 2 N–H and O–H groups in total. The molecule has 3 rings (SSSR count). The molecule has 0 saturated heterocycles. The fraction of sp³-hybridized carbons (Fsp3) is 0.417. The van der Waals surface area contributed by atoms with E-state index in [4.69, 9.17) is 0 Å². The fourth-order valence-electron chi connectivity index (χ4n) is 1.70. The lowest BCUT2D eigenvalue weighted by Crippen LogP contribution is -2.23. The van der Waals surface area contributed by atoms with Gasteiger partial charge in [-0.2, -0.15) is 0 Å². The molecule has 0 atom stereocenters. The van der Waals surface area contributed by atoms with Gasteiger partial charge in [0, 0.05) is 28.2 Å². The van der Waals surface area contributed by atoms with E-state index in [1.165, 1.54) is 35.5 Å². The highest BCUT2D eigenvalue weighted by Gasteiger charge is 2.21. The van der Waals surface area contributed by atoms with Crippen LogP contribution in [0.25, 0.3) is 0 Å². The van der Waals surface area contributed by atoms with Crippen LogP contribution in [0.5, 0.6) is 0 Å². The average Bonchev–Trinajstić information content (AvgIpc) is 2.94. The van der Waals surface area contributed by atoms with Crippen molar-refractivity contribution in [1.82, 2.24) is 15.0 Å². The summed E-state index contributed by atoms with van der Waals surface area (Å²) in [7, 11) is -3.44. The third kappa shape index (κ3) is 3.64. The summed E-state index contributed by atoms with van der Waals surface area (Å²) < 4.78 is 26.9. The van der Waals surface area contributed by atoms with Gasteiger partial charge in [0.05, 0.1) is 22.6 Å². The lowest BCUT2D eigenvalue weighted by atomic mass is 10.4. The number of nitrogens with one attached hydrogen (secondary N) is 2. The van der Waals surface area contributed by atoms with Crippen molar-refractivity contribution < 1.29 is 8.42 Å². The Balaban J connectivity index is 1.61. The summed E-state index contributed by atoms with van der Waals surface area (Å²) in [5, 5.41) is 6.90. The van der Waals surface area contributed by atoms with Gasteiger partial charge in [-0.05, 0) is 18.9 Å².